The molecule has 1 aromatic carbocycles. The average molecular weight is 508 g/mol. The van der Waals surface area contributed by atoms with Gasteiger partial charge in [-0.2, -0.15) is 10.0 Å². The molecule has 0 saturated carbocycles. The average Bonchev–Trinajstić information content (AvgIpc) is 2.81. The van der Waals surface area contributed by atoms with Crippen molar-refractivity contribution in [2.45, 2.75) is 4.90 Å². The van der Waals surface area contributed by atoms with Gasteiger partial charge in [0.2, 0.25) is 5.88 Å². The van der Waals surface area contributed by atoms with Crippen molar-refractivity contribution in [2.75, 3.05) is 38.8 Å². The Hall–Kier alpha value is -3.11. The van der Waals surface area contributed by atoms with Crippen LogP contribution in [0.5, 0.6) is 11.6 Å². The Kier molecular flexibility index (Phi) is 10.5. The molecule has 1 aromatic heterocycles. The van der Waals surface area contributed by atoms with Gasteiger partial charge >= 0.3 is 47.7 Å². The van der Waals surface area contributed by atoms with Crippen LogP contribution in [0.15, 0.2) is 35.2 Å². The fraction of sp³-hybridized carbons (Fsp3) is 0.222. The van der Waals surface area contributed by atoms with Crippen LogP contribution >= 0.6 is 0 Å². The molecular formula is C18H21N4NaO10S. The van der Waals surface area contributed by atoms with Crippen LogP contribution in [0.4, 0.5) is 21.1 Å². The van der Waals surface area contributed by atoms with Gasteiger partial charge in [-0.1, -0.05) is 0 Å². The number of hydrogen-bond acceptors (Lipinski definition) is 11. The molecule has 0 aliphatic heterocycles. The molecule has 3 amide bonds. The molecule has 34 heavy (non-hydrogen) atoms. The van der Waals surface area contributed by atoms with Crippen LogP contribution in [-0.4, -0.2) is 65.1 Å². The summed E-state index contributed by atoms with van der Waals surface area (Å²) in [6.07, 6.45) is -1.23. The number of rotatable bonds is 7. The summed E-state index contributed by atoms with van der Waals surface area (Å²) in [7, 11) is -0.0335. The Morgan fingerprint density at radius 1 is 1.03 bits per heavy atom. The molecule has 180 valence electrons. The second kappa shape index (κ2) is 12.4. The molecule has 0 aliphatic rings. The van der Waals surface area contributed by atoms with E-state index in [1.165, 1.54) is 26.4 Å². The van der Waals surface area contributed by atoms with E-state index < -0.39 is 38.6 Å². The number of carbonyl (C=O) groups excluding carboxylic acids is 3. The van der Waals surface area contributed by atoms with Gasteiger partial charge in [0.15, 0.2) is 0 Å². The number of sulfonamides is 1. The van der Waals surface area contributed by atoms with E-state index in [1.54, 1.807) is 4.72 Å². The molecule has 0 aliphatic carbocycles. The van der Waals surface area contributed by atoms with E-state index in [0.29, 0.717) is 0 Å². The molecule has 0 spiro atoms. The van der Waals surface area contributed by atoms with Crippen LogP contribution < -0.4 is 54.1 Å². The van der Waals surface area contributed by atoms with E-state index >= 15 is 0 Å². The molecule has 14 nitrogen and oxygen atoms in total. The zero-order chi connectivity index (χ0) is 24.8. The quantitative estimate of drug-likeness (QED) is 0.171. The zero-order valence-corrected chi connectivity index (χ0v) is 21.6. The van der Waals surface area contributed by atoms with Crippen LogP contribution in [0.1, 0.15) is 11.8 Å². The summed E-state index contributed by atoms with van der Waals surface area (Å²) in [5.41, 5.74) is -0.838. The molecule has 2 rings (SSSR count). The first-order valence-electron chi connectivity index (χ1n) is 8.79. The molecule has 0 radical (unpaired) electrons. The van der Waals surface area contributed by atoms with Gasteiger partial charge in [-0.25, -0.2) is 27.5 Å². The number of benzene rings is 1. The Morgan fingerprint density at radius 3 is 2.26 bits per heavy atom. The molecule has 0 saturated heterocycles. The minimum Gasteiger partial charge on any atom is -1.00 e. The third kappa shape index (κ3) is 6.94. The number of amides is 3. The third-order valence-electron chi connectivity index (χ3n) is 3.94. The second-order valence-corrected chi connectivity index (χ2v) is 7.60. The van der Waals surface area contributed by atoms with Crippen molar-refractivity contribution in [2.24, 2.45) is 0 Å². The van der Waals surface area contributed by atoms with E-state index in [4.69, 9.17) is 9.47 Å². The van der Waals surface area contributed by atoms with Crippen LogP contribution in [-0.2, 0) is 19.5 Å². The molecule has 16 heteroatoms. The predicted molar refractivity (Wildman–Crippen MR) is 112 cm³/mol. The molecule has 2 aromatic rings. The number of ether oxygens (including phenoxy) is 4. The minimum absolute atomic E-state index is 0. The van der Waals surface area contributed by atoms with Crippen LogP contribution in [0, 0.1) is 0 Å². The smallest absolute Gasteiger partial charge is 1.00 e. The SMILES string of the molecule is COC(=O)c1ccc(N(O)C(=O)OC)cc1S(=O)(=O)NC(=O)Nc1cc(OC)cc(OC)n1.[H-].[Na+]. The maximum atomic E-state index is 12.9. The van der Waals surface area contributed by atoms with Gasteiger partial charge in [-0.05, 0) is 18.2 Å². The summed E-state index contributed by atoms with van der Waals surface area (Å²) in [6.45, 7) is 0. The van der Waals surface area contributed by atoms with E-state index in [9.17, 15) is 28.0 Å². The summed E-state index contributed by atoms with van der Waals surface area (Å²) in [5.74, 6) is -0.803. The van der Waals surface area contributed by atoms with Crippen molar-refractivity contribution >= 4 is 39.6 Å². The molecule has 0 fully saturated rings. The fourth-order valence-corrected chi connectivity index (χ4v) is 3.54. The Morgan fingerprint density at radius 2 is 1.71 bits per heavy atom. The number of anilines is 2. The topological polar surface area (TPSA) is 183 Å². The zero-order valence-electron chi connectivity index (χ0n) is 19.8. The normalized spacial score (nSPS) is 10.3. The van der Waals surface area contributed by atoms with E-state index in [2.05, 4.69) is 19.8 Å². The maximum Gasteiger partial charge on any atom is 1.00 e. The molecule has 0 unspecified atom stereocenters. The molecular weight excluding hydrogens is 487 g/mol. The number of nitrogens with one attached hydrogen (secondary N) is 2. The number of esters is 1. The summed E-state index contributed by atoms with van der Waals surface area (Å²) in [5, 5.41) is 12.1. The predicted octanol–water partition coefficient (Wildman–Crippen LogP) is -1.53. The molecule has 1 heterocycles. The van der Waals surface area contributed by atoms with E-state index in [-0.39, 0.29) is 59.2 Å². The van der Waals surface area contributed by atoms with Gasteiger partial charge in [0.25, 0.3) is 10.0 Å². The number of aromatic nitrogens is 1. The molecule has 3 N–H and O–H groups in total. The second-order valence-electron chi connectivity index (χ2n) is 5.95. The first-order chi connectivity index (χ1) is 15.6. The number of urea groups is 1. The Balaban J connectivity index is 0.00000578. The number of pyridine rings is 1. The van der Waals surface area contributed by atoms with Gasteiger partial charge in [0.05, 0.1) is 39.7 Å². The molecule has 0 atom stereocenters. The number of hydroxylamine groups is 1. The third-order valence-corrected chi connectivity index (χ3v) is 5.31. The standard InChI is InChI=1S/C18H20N4O10S.Na.H/c1-29-11-8-14(19-15(9-11)30-2)20-17(24)21-33(27,28)13-7-10(22(26)18(25)32-4)5-6-12(13)16(23)31-3;;/h5-9,26H,1-4H3,(H2,19,20,21,24);;/q;+1;-1. The summed E-state index contributed by atoms with van der Waals surface area (Å²) in [4.78, 5) is 39.1. The van der Waals surface area contributed by atoms with Gasteiger partial charge in [-0.3, -0.25) is 10.5 Å². The number of methoxy groups -OCH3 is 4. The minimum atomic E-state index is -4.73. The largest absolute Gasteiger partial charge is 1.00 e. The summed E-state index contributed by atoms with van der Waals surface area (Å²) < 4.78 is 46.4. The van der Waals surface area contributed by atoms with Crippen LogP contribution in [0.3, 0.4) is 0 Å². The number of hydrogen-bond donors (Lipinski definition) is 3. The van der Waals surface area contributed by atoms with Crippen LogP contribution in [0.25, 0.3) is 0 Å². The van der Waals surface area contributed by atoms with Gasteiger partial charge in [0, 0.05) is 12.1 Å². The van der Waals surface area contributed by atoms with Crippen molar-refractivity contribution in [3.63, 3.8) is 0 Å². The summed E-state index contributed by atoms with van der Waals surface area (Å²) >= 11 is 0. The monoisotopic (exact) mass is 508 g/mol. The Labute approximate surface area is 217 Å². The maximum absolute atomic E-state index is 12.9. The Bertz CT molecular complexity index is 1160. The van der Waals surface area contributed by atoms with Gasteiger partial charge in [0.1, 0.15) is 16.5 Å². The van der Waals surface area contributed by atoms with Crippen molar-refractivity contribution in [1.82, 2.24) is 9.71 Å². The van der Waals surface area contributed by atoms with Crippen molar-refractivity contribution in [3.8, 4) is 11.6 Å². The van der Waals surface area contributed by atoms with Crippen LogP contribution in [0.2, 0.25) is 0 Å². The fourth-order valence-electron chi connectivity index (χ4n) is 2.42. The van der Waals surface area contributed by atoms with Crippen molar-refractivity contribution in [1.29, 1.82) is 0 Å². The van der Waals surface area contributed by atoms with Crippen molar-refractivity contribution in [3.05, 3.63) is 35.9 Å². The number of nitrogens with zero attached hydrogens (tertiary/aromatic N) is 2. The van der Waals surface area contributed by atoms with Gasteiger partial charge in [-0.15, -0.1) is 0 Å². The van der Waals surface area contributed by atoms with E-state index in [0.717, 1.165) is 32.4 Å². The summed E-state index contributed by atoms with van der Waals surface area (Å²) in [6, 6.07) is 4.30. The number of carbonyl (C=O) groups is 3. The molecule has 0 bridgehead atoms. The first-order valence-corrected chi connectivity index (χ1v) is 10.3. The van der Waals surface area contributed by atoms with Crippen molar-refractivity contribution < 1.29 is 77.9 Å². The van der Waals surface area contributed by atoms with E-state index in [1.807, 2.05) is 0 Å². The first kappa shape index (κ1) is 28.9. The van der Waals surface area contributed by atoms with Gasteiger partial charge < -0.3 is 20.4 Å².